The van der Waals surface area contributed by atoms with Crippen LogP contribution < -0.4 is 5.73 Å². The average molecular weight is 264 g/mol. The molecule has 0 saturated heterocycles. The zero-order valence-corrected chi connectivity index (χ0v) is 10.5. The molecular weight excluding hydrogens is 253 g/mol. The van der Waals surface area contributed by atoms with Gasteiger partial charge in [-0.1, -0.05) is 23.6 Å². The lowest BCUT2D eigenvalue weighted by atomic mass is 10.1. The van der Waals surface area contributed by atoms with Crippen LogP contribution in [0, 0.1) is 25.1 Å². The molecule has 0 unspecified atom stereocenters. The van der Waals surface area contributed by atoms with Crippen LogP contribution >= 0.6 is 11.6 Å². The number of imidazole rings is 1. The van der Waals surface area contributed by atoms with Gasteiger partial charge in [0.05, 0.1) is 11.6 Å². The molecule has 1 aromatic carbocycles. The minimum atomic E-state index is -0.502. The molecule has 1 aromatic heterocycles. The van der Waals surface area contributed by atoms with Gasteiger partial charge in [-0.2, -0.15) is 0 Å². The molecule has 92 valence electrons. The van der Waals surface area contributed by atoms with Gasteiger partial charge < -0.3 is 10.3 Å². The molecular formula is C13H11ClFN3. The molecule has 0 atom stereocenters. The van der Waals surface area contributed by atoms with Gasteiger partial charge in [-0.3, -0.25) is 0 Å². The number of terminal acetylenes is 1. The van der Waals surface area contributed by atoms with Crippen LogP contribution in [0.3, 0.4) is 0 Å². The fourth-order valence-electron chi connectivity index (χ4n) is 1.73. The SMILES string of the molecule is C#CCn1c(C)nc(-c2ccc(Cl)c(F)c2)c1N. The summed E-state index contributed by atoms with van der Waals surface area (Å²) in [5.41, 5.74) is 7.05. The Morgan fingerprint density at radius 3 is 2.89 bits per heavy atom. The number of rotatable bonds is 2. The molecule has 0 aliphatic rings. The Labute approximate surface area is 109 Å². The lowest BCUT2D eigenvalue weighted by Crippen LogP contribution is -2.03. The summed E-state index contributed by atoms with van der Waals surface area (Å²) in [6, 6.07) is 4.45. The van der Waals surface area contributed by atoms with Gasteiger partial charge in [-0.15, -0.1) is 6.42 Å². The summed E-state index contributed by atoms with van der Waals surface area (Å²) in [6.45, 7) is 2.13. The van der Waals surface area contributed by atoms with Crippen LogP contribution in [0.4, 0.5) is 10.2 Å². The van der Waals surface area contributed by atoms with Crippen molar-refractivity contribution in [1.82, 2.24) is 9.55 Å². The van der Waals surface area contributed by atoms with Crippen LogP contribution in [-0.2, 0) is 6.54 Å². The third kappa shape index (κ3) is 2.05. The molecule has 0 aliphatic heterocycles. The van der Waals surface area contributed by atoms with E-state index in [9.17, 15) is 4.39 Å². The van der Waals surface area contributed by atoms with Crippen molar-refractivity contribution in [3.8, 4) is 23.6 Å². The Kier molecular flexibility index (Phi) is 3.26. The molecule has 0 aliphatic carbocycles. The molecule has 2 aromatic rings. The standard InChI is InChI=1S/C13H11ClFN3/c1-3-6-18-8(2)17-12(13(18)16)9-4-5-10(14)11(15)7-9/h1,4-5,7H,6,16H2,2H3. The Hall–Kier alpha value is -1.99. The van der Waals surface area contributed by atoms with E-state index < -0.39 is 5.82 Å². The predicted molar refractivity (Wildman–Crippen MR) is 70.6 cm³/mol. The van der Waals surface area contributed by atoms with Crippen molar-refractivity contribution in [3.05, 3.63) is 34.9 Å². The number of anilines is 1. The van der Waals surface area contributed by atoms with Crippen LogP contribution in [0.5, 0.6) is 0 Å². The van der Waals surface area contributed by atoms with Crippen LogP contribution in [-0.4, -0.2) is 9.55 Å². The van der Waals surface area contributed by atoms with E-state index in [2.05, 4.69) is 10.9 Å². The quantitative estimate of drug-likeness (QED) is 0.847. The summed E-state index contributed by atoms with van der Waals surface area (Å²) in [6.07, 6.45) is 5.26. The Balaban J connectivity index is 2.55. The van der Waals surface area contributed by atoms with Crippen molar-refractivity contribution in [2.45, 2.75) is 13.5 Å². The van der Waals surface area contributed by atoms with Gasteiger partial charge >= 0.3 is 0 Å². The molecule has 1 heterocycles. The highest BCUT2D eigenvalue weighted by atomic mass is 35.5. The highest BCUT2D eigenvalue weighted by Gasteiger charge is 2.14. The summed E-state index contributed by atoms with van der Waals surface area (Å²) in [4.78, 5) is 4.30. The fraction of sp³-hybridized carbons (Fsp3) is 0.154. The first-order valence-corrected chi connectivity index (χ1v) is 5.64. The van der Waals surface area contributed by atoms with Gasteiger partial charge in [-0.25, -0.2) is 9.37 Å². The van der Waals surface area contributed by atoms with E-state index in [0.29, 0.717) is 29.4 Å². The normalized spacial score (nSPS) is 10.3. The molecule has 0 spiro atoms. The van der Waals surface area contributed by atoms with Gasteiger partial charge in [0.15, 0.2) is 0 Å². The lowest BCUT2D eigenvalue weighted by molar-refractivity contribution is 0.628. The maximum absolute atomic E-state index is 13.4. The van der Waals surface area contributed by atoms with E-state index in [0.717, 1.165) is 0 Å². The van der Waals surface area contributed by atoms with Crippen molar-refractivity contribution >= 4 is 17.4 Å². The molecule has 18 heavy (non-hydrogen) atoms. The zero-order valence-electron chi connectivity index (χ0n) is 9.74. The number of nitrogen functional groups attached to an aromatic ring is 1. The second-order valence-electron chi connectivity index (χ2n) is 3.81. The van der Waals surface area contributed by atoms with Gasteiger partial charge in [0.25, 0.3) is 0 Å². The summed E-state index contributed by atoms with van der Waals surface area (Å²) >= 11 is 5.64. The molecule has 0 fully saturated rings. The van der Waals surface area contributed by atoms with Gasteiger partial charge in [0.2, 0.25) is 0 Å². The number of nitrogens with two attached hydrogens (primary N) is 1. The van der Waals surface area contributed by atoms with Crippen LogP contribution in [0.1, 0.15) is 5.82 Å². The first-order chi connectivity index (χ1) is 8.54. The monoisotopic (exact) mass is 263 g/mol. The minimum Gasteiger partial charge on any atom is -0.383 e. The Morgan fingerprint density at radius 2 is 2.28 bits per heavy atom. The number of hydrogen-bond donors (Lipinski definition) is 1. The molecule has 0 saturated carbocycles. The third-order valence-electron chi connectivity index (χ3n) is 2.64. The average Bonchev–Trinajstić information content (AvgIpc) is 2.61. The second kappa shape index (κ2) is 4.71. The van der Waals surface area contributed by atoms with E-state index in [1.165, 1.54) is 12.1 Å². The van der Waals surface area contributed by atoms with E-state index in [1.54, 1.807) is 17.6 Å². The van der Waals surface area contributed by atoms with Crippen molar-refractivity contribution in [1.29, 1.82) is 0 Å². The fourth-order valence-corrected chi connectivity index (χ4v) is 1.85. The van der Waals surface area contributed by atoms with Gasteiger partial charge in [0.1, 0.15) is 23.2 Å². The third-order valence-corrected chi connectivity index (χ3v) is 2.95. The van der Waals surface area contributed by atoms with Crippen molar-refractivity contribution in [3.63, 3.8) is 0 Å². The lowest BCUT2D eigenvalue weighted by Gasteiger charge is -2.03. The number of nitrogens with zero attached hydrogens (tertiary/aromatic N) is 2. The molecule has 0 radical (unpaired) electrons. The number of aromatic nitrogens is 2. The molecule has 2 N–H and O–H groups in total. The zero-order chi connectivity index (χ0) is 13.3. The maximum atomic E-state index is 13.4. The summed E-state index contributed by atoms with van der Waals surface area (Å²) < 4.78 is 15.1. The van der Waals surface area contributed by atoms with Crippen LogP contribution in [0.2, 0.25) is 5.02 Å². The Morgan fingerprint density at radius 1 is 1.56 bits per heavy atom. The largest absolute Gasteiger partial charge is 0.383 e. The van der Waals surface area contributed by atoms with E-state index >= 15 is 0 Å². The molecule has 0 bridgehead atoms. The summed E-state index contributed by atoms with van der Waals surface area (Å²) in [5.74, 6) is 3.11. The van der Waals surface area contributed by atoms with Crippen LogP contribution in [0.15, 0.2) is 18.2 Å². The summed E-state index contributed by atoms with van der Waals surface area (Å²) in [7, 11) is 0. The molecule has 2 rings (SSSR count). The van der Waals surface area contributed by atoms with Gasteiger partial charge in [0, 0.05) is 5.56 Å². The summed E-state index contributed by atoms with van der Waals surface area (Å²) in [5, 5.41) is 0.0668. The first-order valence-electron chi connectivity index (χ1n) is 5.26. The topological polar surface area (TPSA) is 43.8 Å². The number of aryl methyl sites for hydroxylation is 1. The minimum absolute atomic E-state index is 0.0668. The van der Waals surface area contributed by atoms with Crippen molar-refractivity contribution in [2.75, 3.05) is 5.73 Å². The molecule has 3 nitrogen and oxygen atoms in total. The first kappa shape index (κ1) is 12.5. The number of hydrogen-bond acceptors (Lipinski definition) is 2. The molecule has 5 heteroatoms. The highest BCUT2D eigenvalue weighted by molar-refractivity contribution is 6.30. The highest BCUT2D eigenvalue weighted by Crippen LogP contribution is 2.28. The number of halogens is 2. The maximum Gasteiger partial charge on any atom is 0.142 e. The van der Waals surface area contributed by atoms with E-state index in [-0.39, 0.29) is 5.02 Å². The Bertz CT molecular complexity index is 640. The van der Waals surface area contributed by atoms with Crippen molar-refractivity contribution < 1.29 is 4.39 Å². The number of benzene rings is 1. The molecule has 0 amide bonds. The smallest absolute Gasteiger partial charge is 0.142 e. The van der Waals surface area contributed by atoms with Crippen molar-refractivity contribution in [2.24, 2.45) is 0 Å². The second-order valence-corrected chi connectivity index (χ2v) is 4.22. The van der Waals surface area contributed by atoms with E-state index in [1.807, 2.05) is 0 Å². The van der Waals surface area contributed by atoms with Gasteiger partial charge in [-0.05, 0) is 19.1 Å². The predicted octanol–water partition coefficient (Wildman–Crippen LogP) is 2.87. The van der Waals surface area contributed by atoms with Crippen LogP contribution in [0.25, 0.3) is 11.3 Å². The van der Waals surface area contributed by atoms with E-state index in [4.69, 9.17) is 23.8 Å².